The van der Waals surface area contributed by atoms with Crippen LogP contribution in [0.2, 0.25) is 10.0 Å². The average Bonchev–Trinajstić information content (AvgIpc) is 2.53. The highest BCUT2D eigenvalue weighted by Crippen LogP contribution is 2.24. The molecular weight excluding hydrogens is 356 g/mol. The van der Waals surface area contributed by atoms with E-state index in [0.717, 1.165) is 0 Å². The number of ether oxygens (including phenoxy) is 2. The Morgan fingerprint density at radius 1 is 1.12 bits per heavy atom. The second-order valence-electron chi connectivity index (χ2n) is 4.96. The minimum atomic E-state index is -0.557. The van der Waals surface area contributed by atoms with E-state index in [1.807, 2.05) is 0 Å². The van der Waals surface area contributed by atoms with Crippen LogP contribution >= 0.6 is 23.2 Å². The fourth-order valence-corrected chi connectivity index (χ4v) is 2.29. The molecule has 7 heteroatoms. The fraction of sp³-hybridized carbons (Fsp3) is 0.235. The number of nitrogens with one attached hydrogen (secondary N) is 1. The molecule has 2 rings (SSSR count). The lowest BCUT2D eigenvalue weighted by atomic mass is 10.1. The first kappa shape index (κ1) is 18.5. The summed E-state index contributed by atoms with van der Waals surface area (Å²) in [5, 5.41) is 3.43. The number of methoxy groups -OCH3 is 1. The molecular formula is C17H16Cl2FNO3. The van der Waals surface area contributed by atoms with E-state index in [1.54, 1.807) is 24.3 Å². The molecule has 1 N–H and O–H groups in total. The highest BCUT2D eigenvalue weighted by Gasteiger charge is 2.09. The Balaban J connectivity index is 1.96. The first-order valence-electron chi connectivity index (χ1n) is 7.14. The molecule has 2 aromatic rings. The molecule has 0 unspecified atom stereocenters. The predicted octanol–water partition coefficient (Wildman–Crippen LogP) is 4.34. The molecule has 24 heavy (non-hydrogen) atoms. The molecule has 0 saturated heterocycles. The normalized spacial score (nSPS) is 10.5. The highest BCUT2D eigenvalue weighted by atomic mass is 35.5. The van der Waals surface area contributed by atoms with Crippen LogP contribution in [0.5, 0.6) is 5.75 Å². The van der Waals surface area contributed by atoms with Crippen LogP contribution in [-0.2, 0) is 16.0 Å². The minimum Gasteiger partial charge on any atom is -0.488 e. The maximum absolute atomic E-state index is 13.9. The van der Waals surface area contributed by atoms with Crippen molar-refractivity contribution in [2.45, 2.75) is 6.42 Å². The monoisotopic (exact) mass is 371 g/mol. The third kappa shape index (κ3) is 5.37. The van der Waals surface area contributed by atoms with Gasteiger partial charge in [0, 0.05) is 18.9 Å². The van der Waals surface area contributed by atoms with Crippen LogP contribution in [-0.4, -0.2) is 26.2 Å². The van der Waals surface area contributed by atoms with Crippen LogP contribution in [0.3, 0.4) is 0 Å². The van der Waals surface area contributed by atoms with Crippen molar-refractivity contribution >= 4 is 34.8 Å². The summed E-state index contributed by atoms with van der Waals surface area (Å²) >= 11 is 11.7. The zero-order chi connectivity index (χ0) is 17.5. The Morgan fingerprint density at radius 3 is 2.58 bits per heavy atom. The topological polar surface area (TPSA) is 47.6 Å². The molecule has 0 bridgehead atoms. The molecule has 2 aromatic carbocycles. The van der Waals surface area contributed by atoms with Gasteiger partial charge in [-0.25, -0.2) is 4.39 Å². The van der Waals surface area contributed by atoms with Crippen LogP contribution in [0.1, 0.15) is 5.56 Å². The fourth-order valence-electron chi connectivity index (χ4n) is 1.97. The molecule has 0 spiro atoms. The minimum absolute atomic E-state index is 0.102. The summed E-state index contributed by atoms with van der Waals surface area (Å²) in [4.78, 5) is 12.0. The summed E-state index contributed by atoms with van der Waals surface area (Å²) in [5.41, 5.74) is 1.05. The zero-order valence-electron chi connectivity index (χ0n) is 12.9. The molecule has 0 aliphatic carbocycles. The number of hydrogen-bond acceptors (Lipinski definition) is 3. The van der Waals surface area contributed by atoms with Gasteiger partial charge in [0.25, 0.3) is 0 Å². The van der Waals surface area contributed by atoms with Gasteiger partial charge in [0.15, 0.2) is 11.6 Å². The van der Waals surface area contributed by atoms with Crippen molar-refractivity contribution in [3.63, 3.8) is 0 Å². The van der Waals surface area contributed by atoms with Crippen LogP contribution in [0, 0.1) is 5.82 Å². The molecule has 128 valence electrons. The molecule has 0 radical (unpaired) electrons. The Labute approximate surface area is 149 Å². The van der Waals surface area contributed by atoms with Crippen LogP contribution in [0.4, 0.5) is 10.1 Å². The quantitative estimate of drug-likeness (QED) is 0.736. The van der Waals surface area contributed by atoms with Gasteiger partial charge >= 0.3 is 0 Å². The third-order valence-electron chi connectivity index (χ3n) is 3.11. The van der Waals surface area contributed by atoms with E-state index in [0.29, 0.717) is 27.9 Å². The van der Waals surface area contributed by atoms with E-state index < -0.39 is 5.82 Å². The van der Waals surface area contributed by atoms with Crippen molar-refractivity contribution in [2.24, 2.45) is 0 Å². The van der Waals surface area contributed by atoms with Crippen molar-refractivity contribution in [3.8, 4) is 5.75 Å². The average molecular weight is 372 g/mol. The van der Waals surface area contributed by atoms with Crippen LogP contribution < -0.4 is 10.1 Å². The van der Waals surface area contributed by atoms with Crippen molar-refractivity contribution < 1.29 is 18.7 Å². The number of carbonyl (C=O) groups excluding carboxylic acids is 1. The molecule has 4 nitrogen and oxygen atoms in total. The van der Waals surface area contributed by atoms with E-state index in [4.69, 9.17) is 32.7 Å². The smallest absolute Gasteiger partial charge is 0.228 e. The molecule has 0 aliphatic heterocycles. The number of benzene rings is 2. The SMILES string of the molecule is COCCOc1ccc(NC(=O)Cc2ccc(Cl)c(Cl)c2)cc1F. The molecule has 0 heterocycles. The van der Waals surface area contributed by atoms with Crippen molar-refractivity contribution in [3.05, 3.63) is 57.8 Å². The predicted molar refractivity (Wildman–Crippen MR) is 92.6 cm³/mol. The summed E-state index contributed by atoms with van der Waals surface area (Å²) in [6.45, 7) is 0.609. The summed E-state index contributed by atoms with van der Waals surface area (Å²) in [5.74, 6) is -0.742. The van der Waals surface area contributed by atoms with Gasteiger partial charge in [-0.05, 0) is 29.8 Å². The van der Waals surface area contributed by atoms with Gasteiger partial charge in [0.2, 0.25) is 5.91 Å². The summed E-state index contributed by atoms with van der Waals surface area (Å²) in [6.07, 6.45) is 0.102. The van der Waals surface area contributed by atoms with Crippen molar-refractivity contribution in [1.29, 1.82) is 0 Å². The van der Waals surface area contributed by atoms with E-state index in [2.05, 4.69) is 5.32 Å². The number of carbonyl (C=O) groups is 1. The molecule has 0 aromatic heterocycles. The van der Waals surface area contributed by atoms with Gasteiger partial charge in [-0.3, -0.25) is 4.79 Å². The van der Waals surface area contributed by atoms with Crippen molar-refractivity contribution in [2.75, 3.05) is 25.6 Å². The Kier molecular flexibility index (Phi) is 6.85. The van der Waals surface area contributed by atoms with Gasteiger partial charge in [-0.1, -0.05) is 29.3 Å². The number of rotatable bonds is 7. The second-order valence-corrected chi connectivity index (χ2v) is 5.77. The zero-order valence-corrected chi connectivity index (χ0v) is 14.5. The van der Waals surface area contributed by atoms with E-state index >= 15 is 0 Å². The number of halogens is 3. The lowest BCUT2D eigenvalue weighted by Crippen LogP contribution is -2.14. The summed E-state index contributed by atoms with van der Waals surface area (Å²) < 4.78 is 24.0. The number of amides is 1. The summed E-state index contributed by atoms with van der Waals surface area (Å²) in [7, 11) is 1.53. The number of hydrogen-bond donors (Lipinski definition) is 1. The molecule has 1 amide bonds. The third-order valence-corrected chi connectivity index (χ3v) is 3.85. The first-order chi connectivity index (χ1) is 11.5. The van der Waals surface area contributed by atoms with Gasteiger partial charge in [0.1, 0.15) is 6.61 Å². The van der Waals surface area contributed by atoms with Gasteiger partial charge in [-0.2, -0.15) is 0 Å². The van der Waals surface area contributed by atoms with Gasteiger partial charge in [-0.15, -0.1) is 0 Å². The van der Waals surface area contributed by atoms with Gasteiger partial charge in [0.05, 0.1) is 23.1 Å². The lowest BCUT2D eigenvalue weighted by molar-refractivity contribution is -0.115. The van der Waals surface area contributed by atoms with E-state index in [9.17, 15) is 9.18 Å². The van der Waals surface area contributed by atoms with E-state index in [1.165, 1.54) is 19.2 Å². The maximum Gasteiger partial charge on any atom is 0.228 e. The Morgan fingerprint density at radius 2 is 1.92 bits per heavy atom. The summed E-state index contributed by atoms with van der Waals surface area (Å²) in [6, 6.07) is 9.18. The maximum atomic E-state index is 13.9. The largest absolute Gasteiger partial charge is 0.488 e. The molecule has 0 fully saturated rings. The van der Waals surface area contributed by atoms with E-state index in [-0.39, 0.29) is 24.7 Å². The lowest BCUT2D eigenvalue weighted by Gasteiger charge is -2.10. The molecule has 0 atom stereocenters. The Hall–Kier alpha value is -1.82. The van der Waals surface area contributed by atoms with Gasteiger partial charge < -0.3 is 14.8 Å². The Bertz CT molecular complexity index is 725. The second kappa shape index (κ2) is 8.87. The highest BCUT2D eigenvalue weighted by molar-refractivity contribution is 6.42. The first-order valence-corrected chi connectivity index (χ1v) is 7.90. The number of anilines is 1. The van der Waals surface area contributed by atoms with Crippen molar-refractivity contribution in [1.82, 2.24) is 0 Å². The molecule has 0 aliphatic rings. The standard InChI is InChI=1S/C17H16Cl2FNO3/c1-23-6-7-24-16-5-3-12(10-15(16)20)21-17(22)9-11-2-4-13(18)14(19)8-11/h2-5,8,10H,6-7,9H2,1H3,(H,21,22). The molecule has 0 saturated carbocycles. The van der Waals surface area contributed by atoms with Crippen LogP contribution in [0.15, 0.2) is 36.4 Å². The van der Waals surface area contributed by atoms with Crippen LogP contribution in [0.25, 0.3) is 0 Å².